The monoisotopic (exact) mass is 359 g/mol. The highest BCUT2D eigenvalue weighted by Gasteiger charge is 2.24. The van der Waals surface area contributed by atoms with E-state index >= 15 is 0 Å². The topological polar surface area (TPSA) is 36.7 Å². The van der Waals surface area contributed by atoms with Crippen molar-refractivity contribution in [2.24, 2.45) is 0 Å². The van der Waals surface area contributed by atoms with Gasteiger partial charge < -0.3 is 9.80 Å². The normalized spacial score (nSPS) is 16.0. The Balaban J connectivity index is 1.48. The molecule has 0 radical (unpaired) electrons. The zero-order valence-electron chi connectivity index (χ0n) is 14.7. The van der Waals surface area contributed by atoms with Gasteiger partial charge in [0.25, 0.3) is 0 Å². The van der Waals surface area contributed by atoms with Gasteiger partial charge in [-0.3, -0.25) is 0 Å². The molecule has 25 heavy (non-hydrogen) atoms. The summed E-state index contributed by atoms with van der Waals surface area (Å²) in [4.78, 5) is 9.99. The molecule has 0 unspecified atom stereocenters. The number of para-hydroxylation sites is 1. The molecule has 5 nitrogen and oxygen atoms in total. The quantitative estimate of drug-likeness (QED) is 0.701. The Labute approximate surface area is 150 Å². The molecule has 0 bridgehead atoms. The SMILES string of the molecule is CC(C)(C)c1cn2nc(N3CCN(c4ccccc4F)CC3)sc2n1. The van der Waals surface area contributed by atoms with Gasteiger partial charge in [-0.2, -0.15) is 0 Å². The van der Waals surface area contributed by atoms with Crippen LogP contribution in [0.2, 0.25) is 0 Å². The zero-order chi connectivity index (χ0) is 17.6. The van der Waals surface area contributed by atoms with Crippen LogP contribution in [0.25, 0.3) is 4.96 Å². The summed E-state index contributed by atoms with van der Waals surface area (Å²) in [6.45, 7) is 9.70. The van der Waals surface area contributed by atoms with Gasteiger partial charge in [0.15, 0.2) is 0 Å². The molecule has 1 aliphatic rings. The van der Waals surface area contributed by atoms with Crippen molar-refractivity contribution in [3.63, 3.8) is 0 Å². The Kier molecular flexibility index (Phi) is 3.91. The van der Waals surface area contributed by atoms with Crippen LogP contribution in [0.4, 0.5) is 15.2 Å². The van der Waals surface area contributed by atoms with E-state index in [1.165, 1.54) is 6.07 Å². The molecule has 7 heteroatoms. The molecule has 0 saturated carbocycles. The third kappa shape index (κ3) is 3.08. The molecule has 1 fully saturated rings. The van der Waals surface area contributed by atoms with Crippen LogP contribution in [0.15, 0.2) is 30.5 Å². The molecule has 0 amide bonds. The van der Waals surface area contributed by atoms with E-state index < -0.39 is 0 Å². The van der Waals surface area contributed by atoms with Gasteiger partial charge >= 0.3 is 0 Å². The van der Waals surface area contributed by atoms with E-state index in [0.717, 1.165) is 42.0 Å². The highest BCUT2D eigenvalue weighted by atomic mass is 32.1. The van der Waals surface area contributed by atoms with Gasteiger partial charge in [0.1, 0.15) is 5.82 Å². The van der Waals surface area contributed by atoms with E-state index in [9.17, 15) is 4.39 Å². The number of rotatable bonds is 2. The minimum Gasteiger partial charge on any atom is -0.366 e. The van der Waals surface area contributed by atoms with E-state index in [1.807, 2.05) is 22.8 Å². The second kappa shape index (κ2) is 5.98. The van der Waals surface area contributed by atoms with Crippen LogP contribution in [0.1, 0.15) is 26.5 Å². The van der Waals surface area contributed by atoms with Crippen molar-refractivity contribution in [3.05, 3.63) is 42.0 Å². The van der Waals surface area contributed by atoms with Gasteiger partial charge in [0.05, 0.1) is 17.6 Å². The predicted molar refractivity (Wildman–Crippen MR) is 100 cm³/mol. The number of hydrogen-bond acceptors (Lipinski definition) is 5. The Morgan fingerprint density at radius 3 is 2.36 bits per heavy atom. The van der Waals surface area contributed by atoms with Crippen LogP contribution in [0.5, 0.6) is 0 Å². The molecule has 4 rings (SSSR count). The van der Waals surface area contributed by atoms with Crippen molar-refractivity contribution in [1.82, 2.24) is 14.6 Å². The van der Waals surface area contributed by atoms with Crippen molar-refractivity contribution in [2.75, 3.05) is 36.0 Å². The standard InChI is InChI=1S/C18H22FN5S/c1-18(2,3)15-12-24-16(20-15)25-17(21-24)23-10-8-22(9-11-23)14-7-5-4-6-13(14)19/h4-7,12H,8-11H2,1-3H3. The minimum atomic E-state index is -0.154. The van der Waals surface area contributed by atoms with E-state index in [1.54, 1.807) is 17.4 Å². The summed E-state index contributed by atoms with van der Waals surface area (Å²) in [6.07, 6.45) is 2.02. The van der Waals surface area contributed by atoms with Gasteiger partial charge in [0, 0.05) is 31.6 Å². The number of anilines is 2. The second-order valence-electron chi connectivity index (χ2n) is 7.41. The van der Waals surface area contributed by atoms with Crippen molar-refractivity contribution >= 4 is 27.1 Å². The molecule has 3 heterocycles. The van der Waals surface area contributed by atoms with E-state index in [0.29, 0.717) is 5.69 Å². The second-order valence-corrected chi connectivity index (χ2v) is 8.35. The van der Waals surface area contributed by atoms with Crippen molar-refractivity contribution in [3.8, 4) is 0 Å². The first-order chi connectivity index (χ1) is 11.9. The van der Waals surface area contributed by atoms with E-state index in [-0.39, 0.29) is 11.2 Å². The number of hydrogen-bond donors (Lipinski definition) is 0. The molecule has 1 saturated heterocycles. The zero-order valence-corrected chi connectivity index (χ0v) is 15.6. The molecule has 3 aromatic rings. The lowest BCUT2D eigenvalue weighted by Crippen LogP contribution is -2.46. The maximum Gasteiger partial charge on any atom is 0.214 e. The van der Waals surface area contributed by atoms with Crippen LogP contribution >= 0.6 is 11.3 Å². The molecule has 2 aromatic heterocycles. The maximum atomic E-state index is 13.9. The third-order valence-electron chi connectivity index (χ3n) is 4.54. The number of nitrogens with zero attached hydrogens (tertiary/aromatic N) is 5. The fourth-order valence-electron chi connectivity index (χ4n) is 3.03. The summed E-state index contributed by atoms with van der Waals surface area (Å²) in [5.74, 6) is -0.154. The third-order valence-corrected chi connectivity index (χ3v) is 5.53. The highest BCUT2D eigenvalue weighted by Crippen LogP contribution is 2.29. The first kappa shape index (κ1) is 16.3. The molecule has 132 valence electrons. The van der Waals surface area contributed by atoms with Gasteiger partial charge in [-0.05, 0) is 12.1 Å². The number of imidazole rings is 1. The summed E-state index contributed by atoms with van der Waals surface area (Å²) in [5.41, 5.74) is 1.77. The van der Waals surface area contributed by atoms with Gasteiger partial charge in [-0.1, -0.05) is 44.2 Å². The fraction of sp³-hybridized carbons (Fsp3) is 0.444. The molecule has 1 aliphatic heterocycles. The van der Waals surface area contributed by atoms with Crippen LogP contribution in [0.3, 0.4) is 0 Å². The minimum absolute atomic E-state index is 0.0268. The van der Waals surface area contributed by atoms with Crippen molar-refractivity contribution < 1.29 is 4.39 Å². The van der Waals surface area contributed by atoms with Crippen LogP contribution in [0, 0.1) is 5.82 Å². The lowest BCUT2D eigenvalue weighted by molar-refractivity contribution is 0.572. The number of piperazine rings is 1. The summed E-state index contributed by atoms with van der Waals surface area (Å²) < 4.78 is 15.8. The van der Waals surface area contributed by atoms with Crippen LogP contribution in [-0.2, 0) is 5.41 Å². The fourth-order valence-corrected chi connectivity index (χ4v) is 3.96. The van der Waals surface area contributed by atoms with Crippen molar-refractivity contribution in [1.29, 1.82) is 0 Å². The molecular weight excluding hydrogens is 337 g/mol. The van der Waals surface area contributed by atoms with E-state index in [4.69, 9.17) is 10.1 Å². The summed E-state index contributed by atoms with van der Waals surface area (Å²) in [6, 6.07) is 6.97. The number of aromatic nitrogens is 3. The Morgan fingerprint density at radius 1 is 1.04 bits per heavy atom. The summed E-state index contributed by atoms with van der Waals surface area (Å²) >= 11 is 1.62. The Bertz CT molecular complexity index is 855. The largest absolute Gasteiger partial charge is 0.366 e. The smallest absolute Gasteiger partial charge is 0.214 e. The molecule has 0 atom stereocenters. The number of fused-ring (bicyclic) bond motifs is 1. The molecule has 0 N–H and O–H groups in total. The predicted octanol–water partition coefficient (Wildman–Crippen LogP) is 3.55. The number of halogens is 1. The maximum absolute atomic E-state index is 13.9. The summed E-state index contributed by atoms with van der Waals surface area (Å²) in [7, 11) is 0. The number of benzene rings is 1. The van der Waals surface area contributed by atoms with Crippen LogP contribution in [-0.4, -0.2) is 40.8 Å². The average Bonchev–Trinajstić information content (AvgIpc) is 3.14. The van der Waals surface area contributed by atoms with Crippen LogP contribution < -0.4 is 9.80 Å². The van der Waals surface area contributed by atoms with Gasteiger partial charge in [-0.15, -0.1) is 5.10 Å². The average molecular weight is 359 g/mol. The Morgan fingerprint density at radius 2 is 1.72 bits per heavy atom. The highest BCUT2D eigenvalue weighted by molar-refractivity contribution is 7.20. The summed E-state index contributed by atoms with van der Waals surface area (Å²) in [5, 5.41) is 5.67. The molecule has 1 aromatic carbocycles. The molecule has 0 aliphatic carbocycles. The molecular formula is C18H22FN5S. The van der Waals surface area contributed by atoms with Crippen molar-refractivity contribution in [2.45, 2.75) is 26.2 Å². The van der Waals surface area contributed by atoms with E-state index in [2.05, 4.69) is 30.6 Å². The van der Waals surface area contributed by atoms with Gasteiger partial charge in [0.2, 0.25) is 10.1 Å². The van der Waals surface area contributed by atoms with Gasteiger partial charge in [-0.25, -0.2) is 13.9 Å². The lowest BCUT2D eigenvalue weighted by Gasteiger charge is -2.35. The first-order valence-corrected chi connectivity index (χ1v) is 9.34. The lowest BCUT2D eigenvalue weighted by atomic mass is 9.93. The first-order valence-electron chi connectivity index (χ1n) is 8.53. The Hall–Kier alpha value is -2.15. The molecule has 0 spiro atoms.